The molecule has 4 heteroatoms. The van der Waals surface area contributed by atoms with E-state index in [1.807, 2.05) is 32.0 Å². The summed E-state index contributed by atoms with van der Waals surface area (Å²) in [6.07, 6.45) is 0. The lowest BCUT2D eigenvalue weighted by Gasteiger charge is -2.10. The van der Waals surface area contributed by atoms with Crippen molar-refractivity contribution in [3.63, 3.8) is 0 Å². The molecule has 1 aromatic carbocycles. The van der Waals surface area contributed by atoms with Gasteiger partial charge in [0.05, 0.1) is 46.2 Å². The van der Waals surface area contributed by atoms with Crippen molar-refractivity contribution in [1.29, 1.82) is 0 Å². The number of hydrogen-bond acceptors (Lipinski definition) is 4. The summed E-state index contributed by atoms with van der Waals surface area (Å²) in [5.41, 5.74) is 4.21. The molecule has 0 unspecified atom stereocenters. The number of allylic oxidation sites excluding steroid dienone is 1. The highest BCUT2D eigenvalue weighted by Gasteiger charge is 2.01. The second-order valence-electron chi connectivity index (χ2n) is 5.44. The van der Waals surface area contributed by atoms with Gasteiger partial charge in [0.15, 0.2) is 0 Å². The number of rotatable bonds is 14. The predicted molar refractivity (Wildman–Crippen MR) is 99.1 cm³/mol. The van der Waals surface area contributed by atoms with Gasteiger partial charge in [-0.25, -0.2) is 0 Å². The molecule has 0 heterocycles. The minimum absolute atomic E-state index is 0.494. The lowest BCUT2D eigenvalue weighted by molar-refractivity contribution is 0.00286. The fraction of sp³-hybridized carbons (Fsp3) is 0.500. The van der Waals surface area contributed by atoms with Crippen molar-refractivity contribution in [3.05, 3.63) is 48.6 Å². The van der Waals surface area contributed by atoms with E-state index in [9.17, 15) is 0 Å². The molecule has 0 N–H and O–H groups in total. The average Bonchev–Trinajstić information content (AvgIpc) is 2.59. The highest BCUT2D eigenvalue weighted by Crippen LogP contribution is 2.18. The molecule has 0 saturated heterocycles. The normalized spacial score (nSPS) is 10.8. The van der Waals surface area contributed by atoms with Crippen LogP contribution in [-0.4, -0.2) is 52.9 Å². The van der Waals surface area contributed by atoms with Crippen LogP contribution in [0.15, 0.2) is 37.4 Å². The molecule has 0 saturated carbocycles. The Balaban J connectivity index is 2.06. The lowest BCUT2D eigenvalue weighted by Crippen LogP contribution is -2.12. The van der Waals surface area contributed by atoms with Gasteiger partial charge >= 0.3 is 0 Å². The summed E-state index contributed by atoms with van der Waals surface area (Å²) in [4.78, 5) is 0. The third-order valence-electron chi connectivity index (χ3n) is 3.36. The first-order chi connectivity index (χ1) is 11.6. The number of ether oxygens (including phenoxy) is 4. The van der Waals surface area contributed by atoms with Crippen LogP contribution in [0.1, 0.15) is 25.0 Å². The Morgan fingerprint density at radius 2 is 1.38 bits per heavy atom. The maximum atomic E-state index is 5.60. The highest BCUT2D eigenvalue weighted by molar-refractivity contribution is 5.70. The molecule has 0 aliphatic heterocycles. The maximum Gasteiger partial charge on any atom is 0.0718 e. The molecule has 1 rings (SSSR count). The van der Waals surface area contributed by atoms with E-state index in [-0.39, 0.29) is 0 Å². The zero-order chi connectivity index (χ0) is 17.6. The van der Waals surface area contributed by atoms with Crippen molar-refractivity contribution in [2.24, 2.45) is 0 Å². The van der Waals surface area contributed by atoms with Crippen LogP contribution in [0.2, 0.25) is 0 Å². The molecular formula is C20H30O4. The Kier molecular flexibility index (Phi) is 11.1. The summed E-state index contributed by atoms with van der Waals surface area (Å²) < 4.78 is 21.6. The molecule has 0 spiro atoms. The van der Waals surface area contributed by atoms with Gasteiger partial charge in [-0.1, -0.05) is 36.9 Å². The molecule has 134 valence electrons. The van der Waals surface area contributed by atoms with Crippen LogP contribution in [0.25, 0.3) is 11.1 Å². The topological polar surface area (TPSA) is 36.9 Å². The fourth-order valence-corrected chi connectivity index (χ4v) is 1.99. The summed E-state index contributed by atoms with van der Waals surface area (Å²) in [7, 11) is 0. The molecule has 0 bridgehead atoms. The van der Waals surface area contributed by atoms with E-state index >= 15 is 0 Å². The molecule has 1 aromatic rings. The first kappa shape index (κ1) is 20.6. The summed E-state index contributed by atoms with van der Waals surface area (Å²) >= 11 is 0. The van der Waals surface area contributed by atoms with Crippen LogP contribution >= 0.6 is 0 Å². The SMILES string of the molecule is C=C(C)c1cccc(C(=C)COCCOCCOCCOCC)c1. The minimum Gasteiger partial charge on any atom is -0.379 e. The summed E-state index contributed by atoms with van der Waals surface area (Å²) in [5, 5.41) is 0. The fourth-order valence-electron chi connectivity index (χ4n) is 1.99. The zero-order valence-corrected chi connectivity index (χ0v) is 15.0. The standard InChI is InChI=1S/C20H30O4/c1-5-21-9-10-22-11-12-23-13-14-24-16-18(4)20-8-6-7-19(15-20)17(2)3/h6-8,15H,2,4-5,9-14,16H2,1,3H3. The van der Waals surface area contributed by atoms with Crippen molar-refractivity contribution in [1.82, 2.24) is 0 Å². The second-order valence-corrected chi connectivity index (χ2v) is 5.44. The molecule has 0 amide bonds. The van der Waals surface area contributed by atoms with E-state index in [4.69, 9.17) is 18.9 Å². The van der Waals surface area contributed by atoms with E-state index in [1.165, 1.54) is 0 Å². The lowest BCUT2D eigenvalue weighted by atomic mass is 10.0. The first-order valence-corrected chi connectivity index (χ1v) is 8.40. The van der Waals surface area contributed by atoms with E-state index in [1.54, 1.807) is 0 Å². The van der Waals surface area contributed by atoms with Crippen LogP contribution in [0.4, 0.5) is 0 Å². The maximum absolute atomic E-state index is 5.60. The number of benzene rings is 1. The molecule has 0 atom stereocenters. The second kappa shape index (κ2) is 12.9. The molecule has 0 radical (unpaired) electrons. The van der Waals surface area contributed by atoms with E-state index < -0.39 is 0 Å². The van der Waals surface area contributed by atoms with Gasteiger partial charge < -0.3 is 18.9 Å². The Labute approximate surface area is 146 Å². The smallest absolute Gasteiger partial charge is 0.0718 e. The van der Waals surface area contributed by atoms with Crippen LogP contribution in [-0.2, 0) is 18.9 Å². The molecule has 0 aliphatic rings. The van der Waals surface area contributed by atoms with Gasteiger partial charge in [-0.3, -0.25) is 0 Å². The third-order valence-corrected chi connectivity index (χ3v) is 3.36. The Morgan fingerprint density at radius 3 is 1.96 bits per heavy atom. The Hall–Kier alpha value is -1.46. The molecule has 0 aromatic heterocycles. The quantitative estimate of drug-likeness (QED) is 0.485. The van der Waals surface area contributed by atoms with Gasteiger partial charge in [0.25, 0.3) is 0 Å². The Bertz CT molecular complexity index is 496. The summed E-state index contributed by atoms with van der Waals surface area (Å²) in [6.45, 7) is 16.7. The highest BCUT2D eigenvalue weighted by atomic mass is 16.6. The molecule has 24 heavy (non-hydrogen) atoms. The predicted octanol–water partition coefficient (Wildman–Crippen LogP) is 3.82. The summed E-state index contributed by atoms with van der Waals surface area (Å²) in [5.74, 6) is 0. The van der Waals surface area contributed by atoms with Crippen molar-refractivity contribution in [2.45, 2.75) is 13.8 Å². The van der Waals surface area contributed by atoms with Gasteiger partial charge in [0, 0.05) is 6.61 Å². The Morgan fingerprint density at radius 1 is 0.833 bits per heavy atom. The zero-order valence-electron chi connectivity index (χ0n) is 15.0. The van der Waals surface area contributed by atoms with Crippen molar-refractivity contribution in [3.8, 4) is 0 Å². The minimum atomic E-state index is 0.494. The van der Waals surface area contributed by atoms with Gasteiger partial charge in [0.2, 0.25) is 0 Å². The van der Waals surface area contributed by atoms with Gasteiger partial charge in [-0.05, 0) is 36.6 Å². The van der Waals surface area contributed by atoms with E-state index in [0.717, 1.165) is 28.9 Å². The molecule has 0 aliphatic carbocycles. The van der Waals surface area contributed by atoms with Crippen molar-refractivity contribution >= 4 is 11.1 Å². The van der Waals surface area contributed by atoms with Crippen LogP contribution in [0, 0.1) is 0 Å². The summed E-state index contributed by atoms with van der Waals surface area (Å²) in [6, 6.07) is 8.18. The van der Waals surface area contributed by atoms with E-state index in [0.29, 0.717) is 46.2 Å². The van der Waals surface area contributed by atoms with Gasteiger partial charge in [-0.2, -0.15) is 0 Å². The van der Waals surface area contributed by atoms with Crippen LogP contribution in [0.5, 0.6) is 0 Å². The number of hydrogen-bond donors (Lipinski definition) is 0. The van der Waals surface area contributed by atoms with Crippen molar-refractivity contribution < 1.29 is 18.9 Å². The van der Waals surface area contributed by atoms with Gasteiger partial charge in [0.1, 0.15) is 0 Å². The monoisotopic (exact) mass is 334 g/mol. The van der Waals surface area contributed by atoms with Crippen LogP contribution in [0.3, 0.4) is 0 Å². The largest absolute Gasteiger partial charge is 0.379 e. The molecule has 4 nitrogen and oxygen atoms in total. The third kappa shape index (κ3) is 8.99. The molecular weight excluding hydrogens is 304 g/mol. The van der Waals surface area contributed by atoms with E-state index in [2.05, 4.69) is 19.2 Å². The molecule has 0 fully saturated rings. The average molecular weight is 334 g/mol. The van der Waals surface area contributed by atoms with Crippen LogP contribution < -0.4 is 0 Å². The van der Waals surface area contributed by atoms with Gasteiger partial charge in [-0.15, -0.1) is 0 Å². The first-order valence-electron chi connectivity index (χ1n) is 8.40. The van der Waals surface area contributed by atoms with Crippen molar-refractivity contribution in [2.75, 3.05) is 52.9 Å².